The molecule has 0 spiro atoms. The van der Waals surface area contributed by atoms with Gasteiger partial charge in [-0.3, -0.25) is 4.79 Å². The summed E-state index contributed by atoms with van der Waals surface area (Å²) in [4.78, 5) is 11.6. The van der Waals surface area contributed by atoms with Crippen LogP contribution in [0.3, 0.4) is 0 Å². The van der Waals surface area contributed by atoms with E-state index < -0.39 is 0 Å². The molecule has 0 aromatic rings. The van der Waals surface area contributed by atoms with Gasteiger partial charge in [-0.25, -0.2) is 0 Å². The minimum atomic E-state index is -0.0616. The van der Waals surface area contributed by atoms with Crippen LogP contribution in [0.1, 0.15) is 39.0 Å². The normalized spacial score (nSPS) is 26.2. The number of amides is 1. The Balaban J connectivity index is 2.48. The van der Waals surface area contributed by atoms with Gasteiger partial charge in [-0.15, -0.1) is 0 Å². The molecule has 0 aliphatic heterocycles. The first-order valence-corrected chi connectivity index (χ1v) is 6.48. The maximum Gasteiger partial charge on any atom is 0.244 e. The van der Waals surface area contributed by atoms with E-state index in [1.165, 1.54) is 6.42 Å². The minimum Gasteiger partial charge on any atom is -0.396 e. The summed E-state index contributed by atoms with van der Waals surface area (Å²) in [7, 11) is 0. The zero-order chi connectivity index (χ0) is 12.5. The summed E-state index contributed by atoms with van der Waals surface area (Å²) in [6.07, 6.45) is 12.5. The average molecular weight is 237 g/mol. The molecular weight excluding hydrogens is 214 g/mol. The lowest BCUT2D eigenvalue weighted by atomic mass is 9.95. The van der Waals surface area contributed by atoms with Crippen LogP contribution in [-0.2, 0) is 4.79 Å². The third-order valence-electron chi connectivity index (χ3n) is 3.27. The number of rotatable bonds is 4. The number of hydrogen-bond donors (Lipinski definition) is 2. The molecule has 0 radical (unpaired) electrons. The van der Waals surface area contributed by atoms with Gasteiger partial charge in [0.05, 0.1) is 0 Å². The number of hydrogen-bond acceptors (Lipinski definition) is 2. The van der Waals surface area contributed by atoms with Gasteiger partial charge in [-0.1, -0.05) is 37.5 Å². The molecule has 1 aliphatic rings. The van der Waals surface area contributed by atoms with Gasteiger partial charge in [0, 0.05) is 24.6 Å². The third kappa shape index (κ3) is 5.18. The number of carbonyl (C=O) groups excluding carboxylic acids is 1. The highest BCUT2D eigenvalue weighted by Gasteiger charge is 2.23. The standard InChI is InChI=1S/C14H23NO2/c1-2-3-5-10-14(17)15-13-9-7-4-6-8-12(13)11-16/h2-3,5,10,12-13,16H,4,6-9,11H2,1H3,(H,15,17). The quantitative estimate of drug-likeness (QED) is 0.447. The molecule has 3 heteroatoms. The van der Waals surface area contributed by atoms with Crippen molar-refractivity contribution in [2.75, 3.05) is 6.61 Å². The van der Waals surface area contributed by atoms with Gasteiger partial charge in [0.15, 0.2) is 0 Å². The molecule has 0 heterocycles. The van der Waals surface area contributed by atoms with Crippen LogP contribution < -0.4 is 5.32 Å². The van der Waals surface area contributed by atoms with E-state index in [1.54, 1.807) is 12.2 Å². The predicted octanol–water partition coefficient (Wildman–Crippen LogP) is 2.18. The first-order chi connectivity index (χ1) is 8.27. The van der Waals surface area contributed by atoms with E-state index in [-0.39, 0.29) is 24.5 Å². The molecule has 1 fully saturated rings. The highest BCUT2D eigenvalue weighted by Crippen LogP contribution is 2.23. The molecule has 0 aromatic carbocycles. The lowest BCUT2D eigenvalue weighted by molar-refractivity contribution is -0.117. The minimum absolute atomic E-state index is 0.0616. The van der Waals surface area contributed by atoms with E-state index in [2.05, 4.69) is 5.32 Å². The Morgan fingerprint density at radius 1 is 1.29 bits per heavy atom. The molecule has 0 aromatic heterocycles. The van der Waals surface area contributed by atoms with Crippen LogP contribution in [0.4, 0.5) is 0 Å². The first kappa shape index (κ1) is 14.0. The second-order valence-corrected chi connectivity index (χ2v) is 4.58. The Morgan fingerprint density at radius 3 is 2.76 bits per heavy atom. The smallest absolute Gasteiger partial charge is 0.244 e. The number of aliphatic hydroxyl groups is 1. The van der Waals surface area contributed by atoms with Crippen molar-refractivity contribution < 1.29 is 9.90 Å². The Bertz CT molecular complexity index is 284. The highest BCUT2D eigenvalue weighted by atomic mass is 16.3. The van der Waals surface area contributed by atoms with Gasteiger partial charge in [0.2, 0.25) is 5.91 Å². The van der Waals surface area contributed by atoms with E-state index in [1.807, 2.05) is 19.1 Å². The van der Waals surface area contributed by atoms with Crippen LogP contribution in [0, 0.1) is 5.92 Å². The van der Waals surface area contributed by atoms with Crippen LogP contribution in [-0.4, -0.2) is 23.7 Å². The monoisotopic (exact) mass is 237 g/mol. The maximum absolute atomic E-state index is 11.6. The number of allylic oxidation sites excluding steroid dienone is 3. The average Bonchev–Trinajstić information content (AvgIpc) is 2.54. The van der Waals surface area contributed by atoms with Gasteiger partial charge < -0.3 is 10.4 Å². The highest BCUT2D eigenvalue weighted by molar-refractivity contribution is 5.88. The molecule has 3 nitrogen and oxygen atoms in total. The van der Waals surface area contributed by atoms with Crippen LogP contribution in [0.25, 0.3) is 0 Å². The van der Waals surface area contributed by atoms with Crippen molar-refractivity contribution in [3.63, 3.8) is 0 Å². The van der Waals surface area contributed by atoms with Crippen molar-refractivity contribution in [2.24, 2.45) is 5.92 Å². The molecule has 1 amide bonds. The lowest BCUT2D eigenvalue weighted by Gasteiger charge is -2.23. The van der Waals surface area contributed by atoms with Gasteiger partial charge in [0.1, 0.15) is 0 Å². The first-order valence-electron chi connectivity index (χ1n) is 6.48. The summed E-state index contributed by atoms with van der Waals surface area (Å²) >= 11 is 0. The Hall–Kier alpha value is -1.09. The summed E-state index contributed by atoms with van der Waals surface area (Å²) in [6, 6.07) is 0.130. The molecular formula is C14H23NO2. The molecule has 0 saturated heterocycles. The number of carbonyl (C=O) groups is 1. The maximum atomic E-state index is 11.6. The van der Waals surface area contributed by atoms with Crippen LogP contribution in [0.5, 0.6) is 0 Å². The fraction of sp³-hybridized carbons (Fsp3) is 0.643. The van der Waals surface area contributed by atoms with Crippen molar-refractivity contribution in [3.8, 4) is 0 Å². The molecule has 2 N–H and O–H groups in total. The number of aliphatic hydroxyl groups excluding tert-OH is 1. The molecule has 96 valence electrons. The summed E-state index contributed by atoms with van der Waals surface area (Å²) in [5, 5.41) is 12.3. The van der Waals surface area contributed by atoms with Crippen molar-refractivity contribution in [3.05, 3.63) is 24.3 Å². The number of nitrogens with one attached hydrogen (secondary N) is 1. The zero-order valence-electron chi connectivity index (χ0n) is 10.6. The fourth-order valence-corrected chi connectivity index (χ4v) is 2.28. The van der Waals surface area contributed by atoms with Crippen LogP contribution in [0.2, 0.25) is 0 Å². The second kappa shape index (κ2) is 8.07. The van der Waals surface area contributed by atoms with Gasteiger partial charge in [-0.2, -0.15) is 0 Å². The molecule has 1 rings (SSSR count). The Labute approximate surface area is 104 Å². The van der Waals surface area contributed by atoms with Crippen molar-refractivity contribution in [1.29, 1.82) is 0 Å². The summed E-state index contributed by atoms with van der Waals surface area (Å²) in [5.74, 6) is 0.157. The van der Waals surface area contributed by atoms with E-state index in [0.717, 1.165) is 25.7 Å². The molecule has 0 bridgehead atoms. The zero-order valence-corrected chi connectivity index (χ0v) is 10.6. The molecule has 1 saturated carbocycles. The fourth-order valence-electron chi connectivity index (χ4n) is 2.28. The lowest BCUT2D eigenvalue weighted by Crippen LogP contribution is -2.40. The van der Waals surface area contributed by atoms with Gasteiger partial charge in [0.25, 0.3) is 0 Å². The Morgan fingerprint density at radius 2 is 2.06 bits per heavy atom. The summed E-state index contributed by atoms with van der Waals surface area (Å²) < 4.78 is 0. The van der Waals surface area contributed by atoms with E-state index >= 15 is 0 Å². The summed E-state index contributed by atoms with van der Waals surface area (Å²) in [5.41, 5.74) is 0. The topological polar surface area (TPSA) is 49.3 Å². The summed E-state index contributed by atoms with van der Waals surface area (Å²) in [6.45, 7) is 2.08. The predicted molar refractivity (Wildman–Crippen MR) is 69.5 cm³/mol. The SMILES string of the molecule is CC=CC=CC(=O)NC1CCCCCC1CO. The molecule has 2 atom stereocenters. The van der Waals surface area contributed by atoms with Crippen molar-refractivity contribution in [1.82, 2.24) is 5.32 Å². The second-order valence-electron chi connectivity index (χ2n) is 4.58. The largest absolute Gasteiger partial charge is 0.396 e. The van der Waals surface area contributed by atoms with Crippen molar-refractivity contribution in [2.45, 2.75) is 45.1 Å². The molecule has 2 unspecified atom stereocenters. The van der Waals surface area contributed by atoms with E-state index in [0.29, 0.717) is 0 Å². The van der Waals surface area contributed by atoms with Crippen molar-refractivity contribution >= 4 is 5.91 Å². The third-order valence-corrected chi connectivity index (χ3v) is 3.27. The van der Waals surface area contributed by atoms with E-state index in [9.17, 15) is 9.90 Å². The van der Waals surface area contributed by atoms with Gasteiger partial charge in [-0.05, 0) is 19.8 Å². The molecule has 17 heavy (non-hydrogen) atoms. The molecule has 1 aliphatic carbocycles. The van der Waals surface area contributed by atoms with Gasteiger partial charge >= 0.3 is 0 Å². The van der Waals surface area contributed by atoms with Crippen LogP contribution >= 0.6 is 0 Å². The Kier molecular flexibility index (Phi) is 6.63. The van der Waals surface area contributed by atoms with Crippen LogP contribution in [0.15, 0.2) is 24.3 Å². The van der Waals surface area contributed by atoms with E-state index in [4.69, 9.17) is 0 Å².